The summed E-state index contributed by atoms with van der Waals surface area (Å²) in [6, 6.07) is 5.38. The monoisotopic (exact) mass is 469 g/mol. The highest BCUT2D eigenvalue weighted by Crippen LogP contribution is 2.37. The number of rotatable bonds is 10. The molecule has 34 heavy (non-hydrogen) atoms. The Morgan fingerprint density at radius 3 is 2.38 bits per heavy atom. The van der Waals surface area contributed by atoms with Crippen molar-refractivity contribution in [3.63, 3.8) is 0 Å². The molecule has 3 amide bonds. The first-order valence-electron chi connectivity index (χ1n) is 12.1. The number of amides is 3. The van der Waals surface area contributed by atoms with Gasteiger partial charge < -0.3 is 20.3 Å². The van der Waals surface area contributed by atoms with Crippen LogP contribution in [0.3, 0.4) is 0 Å². The fourth-order valence-electron chi connectivity index (χ4n) is 3.75. The van der Waals surface area contributed by atoms with Gasteiger partial charge in [-0.05, 0) is 57.6 Å². The Bertz CT molecular complexity index is 909. The van der Waals surface area contributed by atoms with Crippen LogP contribution in [0.5, 0.6) is 0 Å². The lowest BCUT2D eigenvalue weighted by Crippen LogP contribution is -2.55. The number of benzene rings is 1. The summed E-state index contributed by atoms with van der Waals surface area (Å²) in [5.74, 6) is 1.86. The van der Waals surface area contributed by atoms with Gasteiger partial charge in [0.2, 0.25) is 11.8 Å². The topological polar surface area (TPSA) is 87.7 Å². The van der Waals surface area contributed by atoms with Crippen molar-refractivity contribution in [2.75, 3.05) is 6.54 Å². The molecule has 0 spiro atoms. The average molecular weight is 470 g/mol. The minimum Gasteiger partial charge on any atom is -0.444 e. The predicted molar refractivity (Wildman–Crippen MR) is 133 cm³/mol. The highest BCUT2D eigenvalue weighted by atomic mass is 16.6. The van der Waals surface area contributed by atoms with Gasteiger partial charge in [-0.25, -0.2) is 4.79 Å². The van der Waals surface area contributed by atoms with Crippen LogP contribution in [-0.4, -0.2) is 47.0 Å². The summed E-state index contributed by atoms with van der Waals surface area (Å²) in [7, 11) is 0. The van der Waals surface area contributed by atoms with Gasteiger partial charge in [0.1, 0.15) is 17.7 Å². The molecule has 2 N–H and O–H groups in total. The zero-order valence-electron chi connectivity index (χ0n) is 21.3. The molecule has 0 radical (unpaired) electrons. The highest BCUT2D eigenvalue weighted by Gasteiger charge is 2.45. The SMILES string of the molecule is C#Cc1ccccc1C(C(=O)NCCCC)N(C(=O)C(NC(=O)OC(C)(C)C)C(C)C)C1CC1. The summed E-state index contributed by atoms with van der Waals surface area (Å²) in [6.45, 7) is 11.6. The van der Waals surface area contributed by atoms with Crippen LogP contribution in [0, 0.1) is 18.3 Å². The van der Waals surface area contributed by atoms with Gasteiger partial charge in [-0.3, -0.25) is 9.59 Å². The van der Waals surface area contributed by atoms with Crippen molar-refractivity contribution in [2.24, 2.45) is 5.92 Å². The first kappa shape index (κ1) is 27.2. The summed E-state index contributed by atoms with van der Waals surface area (Å²) in [4.78, 5) is 41.6. The van der Waals surface area contributed by atoms with E-state index in [1.807, 2.05) is 32.9 Å². The molecule has 1 aromatic carbocycles. The smallest absolute Gasteiger partial charge is 0.408 e. The first-order valence-corrected chi connectivity index (χ1v) is 12.1. The van der Waals surface area contributed by atoms with Gasteiger partial charge in [-0.15, -0.1) is 6.42 Å². The molecule has 1 aromatic rings. The molecule has 1 aliphatic carbocycles. The quantitative estimate of drug-likeness (QED) is 0.398. The number of unbranched alkanes of at least 4 members (excludes halogenated alkanes) is 1. The van der Waals surface area contributed by atoms with Crippen molar-refractivity contribution in [1.29, 1.82) is 0 Å². The molecule has 186 valence electrons. The molecule has 0 aliphatic heterocycles. The van der Waals surface area contributed by atoms with E-state index in [1.165, 1.54) is 0 Å². The van der Waals surface area contributed by atoms with Gasteiger partial charge in [-0.2, -0.15) is 0 Å². The molecule has 0 aromatic heterocycles. The lowest BCUT2D eigenvalue weighted by molar-refractivity contribution is -0.144. The second kappa shape index (κ2) is 11.9. The molecule has 1 saturated carbocycles. The zero-order chi connectivity index (χ0) is 25.5. The Kier molecular flexibility index (Phi) is 9.55. The molecule has 2 atom stereocenters. The summed E-state index contributed by atoms with van der Waals surface area (Å²) in [6.07, 6.45) is 8.44. The molecule has 7 nitrogen and oxygen atoms in total. The van der Waals surface area contributed by atoms with Crippen LogP contribution in [0.25, 0.3) is 0 Å². The van der Waals surface area contributed by atoms with Crippen molar-refractivity contribution < 1.29 is 19.1 Å². The summed E-state index contributed by atoms with van der Waals surface area (Å²) in [5, 5.41) is 5.72. The van der Waals surface area contributed by atoms with Gasteiger partial charge in [0.25, 0.3) is 0 Å². The van der Waals surface area contributed by atoms with E-state index in [1.54, 1.807) is 37.8 Å². The predicted octanol–water partition coefficient (Wildman–Crippen LogP) is 4.17. The number of carbonyl (C=O) groups is 3. The highest BCUT2D eigenvalue weighted by molar-refractivity contribution is 5.93. The fraction of sp³-hybridized carbons (Fsp3) is 0.593. The van der Waals surface area contributed by atoms with Crippen LogP contribution < -0.4 is 10.6 Å². The van der Waals surface area contributed by atoms with Gasteiger partial charge in [-0.1, -0.05) is 51.3 Å². The third kappa shape index (κ3) is 7.51. The average Bonchev–Trinajstić information content (AvgIpc) is 3.59. The summed E-state index contributed by atoms with van der Waals surface area (Å²) in [5.41, 5.74) is 0.481. The molecule has 1 aliphatic rings. The summed E-state index contributed by atoms with van der Waals surface area (Å²) < 4.78 is 5.39. The van der Waals surface area contributed by atoms with Crippen LogP contribution in [0.15, 0.2) is 24.3 Å². The number of nitrogens with one attached hydrogen (secondary N) is 2. The molecule has 0 saturated heterocycles. The Morgan fingerprint density at radius 1 is 1.21 bits per heavy atom. The van der Waals surface area contributed by atoms with Gasteiger partial charge >= 0.3 is 6.09 Å². The fourth-order valence-corrected chi connectivity index (χ4v) is 3.75. The molecular formula is C27H39N3O4. The van der Waals surface area contributed by atoms with Crippen LogP contribution >= 0.6 is 0 Å². The van der Waals surface area contributed by atoms with Crippen LogP contribution in [-0.2, 0) is 14.3 Å². The number of hydrogen-bond acceptors (Lipinski definition) is 4. The lowest BCUT2D eigenvalue weighted by atomic mass is 9.95. The Labute approximate surface area is 204 Å². The third-order valence-electron chi connectivity index (χ3n) is 5.57. The molecule has 7 heteroatoms. The van der Waals surface area contributed by atoms with E-state index in [4.69, 9.17) is 11.2 Å². The van der Waals surface area contributed by atoms with E-state index in [9.17, 15) is 14.4 Å². The number of carbonyl (C=O) groups excluding carboxylic acids is 3. The second-order valence-corrected chi connectivity index (χ2v) is 10.1. The maximum absolute atomic E-state index is 13.9. The Balaban J connectivity index is 2.45. The standard InChI is InChI=1S/C27H39N3O4/c1-8-10-17-28-24(31)23(21-14-12-11-13-19(21)9-2)30(20-15-16-20)25(32)22(18(3)4)29-26(33)34-27(5,6)7/h2,11-14,18,20,22-23H,8,10,15-17H2,1,3-7H3,(H,28,31)(H,29,33). The van der Waals surface area contributed by atoms with Gasteiger partial charge in [0.15, 0.2) is 0 Å². The van der Waals surface area contributed by atoms with Gasteiger partial charge in [0, 0.05) is 18.2 Å². The minimum absolute atomic E-state index is 0.0954. The van der Waals surface area contributed by atoms with Crippen molar-refractivity contribution >= 4 is 17.9 Å². The minimum atomic E-state index is -0.884. The molecular weight excluding hydrogens is 430 g/mol. The second-order valence-electron chi connectivity index (χ2n) is 10.1. The van der Waals surface area contributed by atoms with E-state index >= 15 is 0 Å². The van der Waals surface area contributed by atoms with E-state index in [-0.39, 0.29) is 23.8 Å². The van der Waals surface area contributed by atoms with E-state index in [2.05, 4.69) is 16.6 Å². The van der Waals surface area contributed by atoms with Crippen molar-refractivity contribution in [2.45, 2.75) is 91.0 Å². The molecule has 1 fully saturated rings. The van der Waals surface area contributed by atoms with Crippen molar-refractivity contribution in [3.8, 4) is 12.3 Å². The molecule has 2 rings (SSSR count). The molecule has 0 bridgehead atoms. The van der Waals surface area contributed by atoms with Crippen LogP contribution in [0.2, 0.25) is 0 Å². The normalized spacial score (nSPS) is 15.1. The summed E-state index contributed by atoms with van der Waals surface area (Å²) >= 11 is 0. The van der Waals surface area contributed by atoms with Crippen molar-refractivity contribution in [1.82, 2.24) is 15.5 Å². The Hall–Kier alpha value is -3.01. The Morgan fingerprint density at radius 2 is 1.85 bits per heavy atom. The third-order valence-corrected chi connectivity index (χ3v) is 5.57. The lowest BCUT2D eigenvalue weighted by Gasteiger charge is -2.36. The van der Waals surface area contributed by atoms with E-state index < -0.39 is 23.8 Å². The first-order chi connectivity index (χ1) is 16.0. The maximum atomic E-state index is 13.9. The van der Waals surface area contributed by atoms with Crippen LogP contribution in [0.1, 0.15) is 84.4 Å². The molecule has 0 heterocycles. The maximum Gasteiger partial charge on any atom is 0.408 e. The molecule has 2 unspecified atom stereocenters. The van der Waals surface area contributed by atoms with E-state index in [0.29, 0.717) is 17.7 Å². The number of alkyl carbamates (subject to hydrolysis) is 1. The number of terminal acetylenes is 1. The zero-order valence-corrected chi connectivity index (χ0v) is 21.3. The van der Waals surface area contributed by atoms with Gasteiger partial charge in [0.05, 0.1) is 0 Å². The van der Waals surface area contributed by atoms with E-state index in [0.717, 1.165) is 25.7 Å². The number of ether oxygens (including phenoxy) is 1. The number of hydrogen-bond donors (Lipinski definition) is 2. The number of nitrogens with zero attached hydrogens (tertiary/aromatic N) is 1. The largest absolute Gasteiger partial charge is 0.444 e. The van der Waals surface area contributed by atoms with Crippen molar-refractivity contribution in [3.05, 3.63) is 35.4 Å². The van der Waals surface area contributed by atoms with Crippen LogP contribution in [0.4, 0.5) is 4.79 Å².